The second-order valence-electron chi connectivity index (χ2n) is 10.9. The van der Waals surface area contributed by atoms with Gasteiger partial charge in [-0.3, -0.25) is 9.69 Å². The van der Waals surface area contributed by atoms with E-state index in [4.69, 9.17) is 5.73 Å². The van der Waals surface area contributed by atoms with Gasteiger partial charge in [-0.25, -0.2) is 13.3 Å². The van der Waals surface area contributed by atoms with Crippen LogP contribution in [0.5, 0.6) is 0 Å². The molecule has 8 nitrogen and oxygen atoms in total. The van der Waals surface area contributed by atoms with Gasteiger partial charge in [0.2, 0.25) is 5.91 Å². The van der Waals surface area contributed by atoms with Crippen LogP contribution in [0.25, 0.3) is 5.57 Å². The molecular formula is C31H43N5O3S. The first-order valence-electron chi connectivity index (χ1n) is 14.4. The first-order chi connectivity index (χ1) is 19.3. The molecule has 5 rings (SSSR count). The van der Waals surface area contributed by atoms with Gasteiger partial charge in [0, 0.05) is 26.2 Å². The molecule has 0 saturated carbocycles. The zero-order valence-corrected chi connectivity index (χ0v) is 24.4. The van der Waals surface area contributed by atoms with Gasteiger partial charge in [-0.2, -0.15) is 0 Å². The minimum atomic E-state index is -1.46. The van der Waals surface area contributed by atoms with Crippen LogP contribution in [0.3, 0.4) is 0 Å². The van der Waals surface area contributed by atoms with Gasteiger partial charge < -0.3 is 16.4 Å². The molecule has 2 saturated heterocycles. The Hall–Kier alpha value is -3.01. The number of amides is 3. The number of nitrogens with one attached hydrogen (secondary N) is 2. The summed E-state index contributed by atoms with van der Waals surface area (Å²) in [5.74, 6) is -0.268. The van der Waals surface area contributed by atoms with Gasteiger partial charge in [-0.1, -0.05) is 48.9 Å². The van der Waals surface area contributed by atoms with E-state index >= 15 is 0 Å². The molecule has 3 aliphatic rings. The molecule has 2 aromatic rings. The topological polar surface area (TPSA) is 108 Å². The predicted octanol–water partition coefficient (Wildman–Crippen LogP) is 3.55. The maximum Gasteiger partial charge on any atom is 0.312 e. The molecule has 3 amide bonds. The van der Waals surface area contributed by atoms with Crippen LogP contribution in [0.2, 0.25) is 0 Å². The van der Waals surface area contributed by atoms with E-state index in [1.807, 2.05) is 19.1 Å². The highest BCUT2D eigenvalue weighted by Gasteiger charge is 2.34. The predicted molar refractivity (Wildman–Crippen MR) is 161 cm³/mol. The maximum absolute atomic E-state index is 12.6. The Morgan fingerprint density at radius 3 is 2.42 bits per heavy atom. The summed E-state index contributed by atoms with van der Waals surface area (Å²) in [6.07, 6.45) is 9.38. The number of aryl methyl sites for hydroxylation is 3. The number of nitrogens with zero attached hydrogens (tertiary/aromatic N) is 2. The molecule has 40 heavy (non-hydrogen) atoms. The number of nitrogens with two attached hydrogens (primary N) is 1. The van der Waals surface area contributed by atoms with Crippen molar-refractivity contribution in [2.75, 3.05) is 39.3 Å². The van der Waals surface area contributed by atoms with Gasteiger partial charge in [-0.05, 0) is 92.9 Å². The molecule has 9 heteroatoms. The number of hydrogen-bond acceptors (Lipinski definition) is 4. The summed E-state index contributed by atoms with van der Waals surface area (Å²) in [6, 6.07) is 12.9. The molecule has 2 unspecified atom stereocenters. The largest absolute Gasteiger partial charge is 0.353 e. The van der Waals surface area contributed by atoms with E-state index in [9.17, 15) is 13.8 Å². The summed E-state index contributed by atoms with van der Waals surface area (Å²) in [5.41, 5.74) is 11.9. The highest BCUT2D eigenvalue weighted by atomic mass is 32.2. The molecule has 0 bridgehead atoms. The number of likely N-dealkylation sites (tertiary alicyclic amines) is 1. The van der Waals surface area contributed by atoms with Crippen molar-refractivity contribution < 1.29 is 13.8 Å². The molecule has 2 aromatic carbocycles. The lowest BCUT2D eigenvalue weighted by atomic mass is 9.89. The third-order valence-electron chi connectivity index (χ3n) is 7.81. The number of primary amides is 1. The number of carbonyl (C=O) groups is 2. The zero-order valence-electron chi connectivity index (χ0n) is 23.6. The van der Waals surface area contributed by atoms with E-state index in [1.54, 1.807) is 27.6 Å². The Kier molecular flexibility index (Phi) is 10.9. The molecular weight excluding hydrogens is 522 g/mol. The lowest BCUT2D eigenvalue weighted by Crippen LogP contribution is -2.59. The fourth-order valence-electron chi connectivity index (χ4n) is 5.51. The standard InChI is InChI=1S/C18H25N.C13H18N4O3S/c1-15(14-19-11-5-2-6-12-19)17-10-9-16-7-3-4-8-18(16)13-17;1-9-2-4-10(5-3-9)21(20)17-7-6-15-12(18)11(17)8-16-13(14)19/h9-10,13H,1-8,11-12,14H2;2-5,11H,6-8H2,1H3,(H,15,18)(H3,14,16,19). The normalized spacial score (nSPS) is 20.3. The average Bonchev–Trinajstić information content (AvgIpc) is 2.97. The Bertz CT molecular complexity index is 1210. The third-order valence-corrected chi connectivity index (χ3v) is 9.35. The number of fused-ring (bicyclic) bond motifs is 1. The van der Waals surface area contributed by atoms with Gasteiger partial charge in [0.15, 0.2) is 0 Å². The minimum Gasteiger partial charge on any atom is -0.353 e. The average molecular weight is 566 g/mol. The Labute approximate surface area is 241 Å². The molecule has 2 aliphatic heterocycles. The van der Waals surface area contributed by atoms with Crippen LogP contribution in [0.15, 0.2) is 53.9 Å². The first kappa shape index (κ1) is 30.0. The molecule has 0 radical (unpaired) electrons. The number of hydrogen-bond donors (Lipinski definition) is 3. The number of piperazine rings is 1. The van der Waals surface area contributed by atoms with Crippen LogP contribution < -0.4 is 16.4 Å². The van der Waals surface area contributed by atoms with Crippen molar-refractivity contribution in [2.45, 2.75) is 62.8 Å². The monoisotopic (exact) mass is 565 g/mol. The third kappa shape index (κ3) is 8.25. The van der Waals surface area contributed by atoms with E-state index in [0.717, 1.165) is 12.1 Å². The summed E-state index contributed by atoms with van der Waals surface area (Å²) in [5, 5.41) is 5.09. The van der Waals surface area contributed by atoms with E-state index in [0.29, 0.717) is 18.0 Å². The summed E-state index contributed by atoms with van der Waals surface area (Å²) in [7, 11) is -1.46. The molecule has 2 heterocycles. The van der Waals surface area contributed by atoms with Crippen LogP contribution in [0, 0.1) is 6.92 Å². The minimum absolute atomic E-state index is 0.0266. The Morgan fingerprint density at radius 1 is 1.02 bits per heavy atom. The summed E-state index contributed by atoms with van der Waals surface area (Å²) >= 11 is 0. The highest BCUT2D eigenvalue weighted by Crippen LogP contribution is 2.25. The van der Waals surface area contributed by atoms with Crippen LogP contribution in [-0.2, 0) is 28.6 Å². The van der Waals surface area contributed by atoms with Crippen LogP contribution in [0.1, 0.15) is 54.4 Å². The molecule has 216 valence electrons. The second kappa shape index (κ2) is 14.6. The van der Waals surface area contributed by atoms with E-state index in [1.165, 1.54) is 69.2 Å². The Morgan fingerprint density at radius 2 is 1.73 bits per heavy atom. The van der Waals surface area contributed by atoms with E-state index < -0.39 is 23.1 Å². The number of urea groups is 1. The number of carbonyl (C=O) groups excluding carboxylic acids is 2. The fourth-order valence-corrected chi connectivity index (χ4v) is 6.80. The molecule has 2 atom stereocenters. The highest BCUT2D eigenvalue weighted by molar-refractivity contribution is 7.82. The first-order valence-corrected chi connectivity index (χ1v) is 15.5. The van der Waals surface area contributed by atoms with Gasteiger partial charge in [-0.15, -0.1) is 0 Å². The lowest BCUT2D eigenvalue weighted by molar-refractivity contribution is -0.126. The molecule has 2 fully saturated rings. The zero-order chi connectivity index (χ0) is 28.5. The van der Waals surface area contributed by atoms with Crippen LogP contribution in [0.4, 0.5) is 4.79 Å². The van der Waals surface area contributed by atoms with Crippen molar-refractivity contribution in [1.29, 1.82) is 0 Å². The second-order valence-corrected chi connectivity index (χ2v) is 12.3. The summed E-state index contributed by atoms with van der Waals surface area (Å²) < 4.78 is 14.2. The molecule has 1 aliphatic carbocycles. The fraction of sp³-hybridized carbons (Fsp3) is 0.484. The smallest absolute Gasteiger partial charge is 0.312 e. The number of benzene rings is 2. The van der Waals surface area contributed by atoms with E-state index in [-0.39, 0.29) is 12.5 Å². The van der Waals surface area contributed by atoms with Crippen molar-refractivity contribution in [2.24, 2.45) is 5.73 Å². The summed E-state index contributed by atoms with van der Waals surface area (Å²) in [6.45, 7) is 10.7. The van der Waals surface area contributed by atoms with Crippen molar-refractivity contribution in [3.05, 3.63) is 71.3 Å². The van der Waals surface area contributed by atoms with Crippen molar-refractivity contribution >= 4 is 28.5 Å². The van der Waals surface area contributed by atoms with Gasteiger partial charge in [0.05, 0.1) is 4.90 Å². The van der Waals surface area contributed by atoms with Gasteiger partial charge in [0.25, 0.3) is 0 Å². The summed E-state index contributed by atoms with van der Waals surface area (Å²) in [4.78, 5) is 25.9. The van der Waals surface area contributed by atoms with Gasteiger partial charge in [0.1, 0.15) is 17.0 Å². The van der Waals surface area contributed by atoms with E-state index in [2.05, 4.69) is 40.3 Å². The maximum atomic E-state index is 12.6. The lowest BCUT2D eigenvalue weighted by Gasteiger charge is -2.33. The quantitative estimate of drug-likeness (QED) is 0.477. The number of piperidine rings is 1. The molecule has 4 N–H and O–H groups in total. The SMILES string of the molecule is C=C(CN1CCCCC1)c1ccc2c(c1)CCCC2.Cc1ccc(S(=O)N2CCNC(=O)C2CNC(N)=O)cc1. The van der Waals surface area contributed by atoms with Crippen molar-refractivity contribution in [3.63, 3.8) is 0 Å². The Balaban J connectivity index is 0.000000186. The van der Waals surface area contributed by atoms with Gasteiger partial charge >= 0.3 is 6.03 Å². The number of rotatable bonds is 7. The van der Waals surface area contributed by atoms with Crippen molar-refractivity contribution in [3.8, 4) is 0 Å². The van der Waals surface area contributed by atoms with Crippen LogP contribution in [-0.4, -0.2) is 70.7 Å². The van der Waals surface area contributed by atoms with Crippen molar-refractivity contribution in [1.82, 2.24) is 19.8 Å². The molecule has 0 aromatic heterocycles. The molecule has 0 spiro atoms. The van der Waals surface area contributed by atoms with Crippen LogP contribution >= 0.6 is 0 Å².